The molecule has 0 aliphatic carbocycles. The largest absolute Gasteiger partial charge is 0.385 e. The van der Waals surface area contributed by atoms with Gasteiger partial charge in [0, 0.05) is 30.9 Å². The summed E-state index contributed by atoms with van der Waals surface area (Å²) in [6.45, 7) is 7.51. The summed E-state index contributed by atoms with van der Waals surface area (Å²) < 4.78 is 5.00. The Hall–Kier alpha value is -1.55. The van der Waals surface area contributed by atoms with Gasteiger partial charge in [0.15, 0.2) is 0 Å². The van der Waals surface area contributed by atoms with E-state index in [2.05, 4.69) is 17.6 Å². The predicted molar refractivity (Wildman–Crippen MR) is 78.8 cm³/mol. The second kappa shape index (κ2) is 7.79. The normalized spacial score (nSPS) is 12.0. The molecule has 1 rings (SSSR count). The number of benzene rings is 1. The number of aryl methyl sites for hydroxylation is 1. The van der Waals surface area contributed by atoms with Crippen molar-refractivity contribution in [3.8, 4) is 0 Å². The van der Waals surface area contributed by atoms with Gasteiger partial charge in [-0.2, -0.15) is 0 Å². The summed E-state index contributed by atoms with van der Waals surface area (Å²) in [7, 11) is 1.63. The van der Waals surface area contributed by atoms with E-state index in [1.54, 1.807) is 7.11 Å². The van der Waals surface area contributed by atoms with E-state index in [9.17, 15) is 4.79 Å². The van der Waals surface area contributed by atoms with E-state index < -0.39 is 0 Å². The van der Waals surface area contributed by atoms with Crippen molar-refractivity contribution >= 4 is 11.6 Å². The van der Waals surface area contributed by atoms with Crippen LogP contribution in [0.4, 0.5) is 5.69 Å². The molecule has 0 spiro atoms. The van der Waals surface area contributed by atoms with Gasteiger partial charge in [0.05, 0.1) is 6.61 Å². The summed E-state index contributed by atoms with van der Waals surface area (Å²) in [5.74, 6) is -0.0605. The van der Waals surface area contributed by atoms with Crippen LogP contribution < -0.4 is 10.6 Å². The van der Waals surface area contributed by atoms with Gasteiger partial charge >= 0.3 is 0 Å². The van der Waals surface area contributed by atoms with E-state index >= 15 is 0 Å². The molecule has 1 aromatic rings. The van der Waals surface area contributed by atoms with Crippen molar-refractivity contribution in [3.05, 3.63) is 29.3 Å². The lowest BCUT2D eigenvalue weighted by Crippen LogP contribution is -2.35. The van der Waals surface area contributed by atoms with E-state index in [1.165, 1.54) is 0 Å². The summed E-state index contributed by atoms with van der Waals surface area (Å²) in [6, 6.07) is 5.73. The zero-order valence-corrected chi connectivity index (χ0v) is 12.2. The minimum atomic E-state index is -0.0605. The van der Waals surface area contributed by atoms with Gasteiger partial charge < -0.3 is 15.4 Å². The molecule has 4 heteroatoms. The smallest absolute Gasteiger partial charge is 0.251 e. The number of hydrogen-bond donors (Lipinski definition) is 2. The number of methoxy groups -OCH3 is 1. The number of carbonyl (C=O) groups is 1. The van der Waals surface area contributed by atoms with Crippen molar-refractivity contribution in [2.75, 3.05) is 25.6 Å². The van der Waals surface area contributed by atoms with Crippen LogP contribution in [0.25, 0.3) is 0 Å². The van der Waals surface area contributed by atoms with Gasteiger partial charge in [0.1, 0.15) is 0 Å². The molecule has 0 aromatic heterocycles. The van der Waals surface area contributed by atoms with Crippen LogP contribution >= 0.6 is 0 Å². The zero-order valence-electron chi connectivity index (χ0n) is 12.2. The van der Waals surface area contributed by atoms with Crippen LogP contribution in [0.15, 0.2) is 18.2 Å². The Kier molecular flexibility index (Phi) is 6.36. The van der Waals surface area contributed by atoms with Crippen LogP contribution in [0, 0.1) is 6.92 Å². The first kappa shape index (κ1) is 15.5. The van der Waals surface area contributed by atoms with Crippen LogP contribution in [0.3, 0.4) is 0 Å². The molecule has 0 fully saturated rings. The first-order chi connectivity index (χ1) is 9.08. The molecule has 106 valence electrons. The van der Waals surface area contributed by atoms with Crippen molar-refractivity contribution in [1.82, 2.24) is 5.32 Å². The maximum absolute atomic E-state index is 12.0. The van der Waals surface area contributed by atoms with Gasteiger partial charge in [-0.25, -0.2) is 0 Å². The number of carbonyl (C=O) groups excluding carboxylic acids is 1. The van der Waals surface area contributed by atoms with Crippen LogP contribution in [-0.4, -0.2) is 32.2 Å². The second-order valence-electron chi connectivity index (χ2n) is 4.79. The molecule has 0 saturated carbocycles. The van der Waals surface area contributed by atoms with Crippen molar-refractivity contribution in [1.29, 1.82) is 0 Å². The van der Waals surface area contributed by atoms with E-state index in [0.29, 0.717) is 12.2 Å². The number of ether oxygens (including phenoxy) is 1. The van der Waals surface area contributed by atoms with Gasteiger partial charge in [-0.1, -0.05) is 6.92 Å². The second-order valence-corrected chi connectivity index (χ2v) is 4.79. The molecule has 1 aromatic carbocycles. The van der Waals surface area contributed by atoms with Gasteiger partial charge in [0.25, 0.3) is 5.91 Å². The topological polar surface area (TPSA) is 50.4 Å². The Bertz CT molecular complexity index is 419. The fraction of sp³-hybridized carbons (Fsp3) is 0.533. The molecule has 0 aliphatic heterocycles. The monoisotopic (exact) mass is 264 g/mol. The van der Waals surface area contributed by atoms with E-state index in [-0.39, 0.29) is 11.9 Å². The van der Waals surface area contributed by atoms with Crippen molar-refractivity contribution < 1.29 is 9.53 Å². The number of rotatable bonds is 7. The third kappa shape index (κ3) is 4.91. The van der Waals surface area contributed by atoms with Crippen LogP contribution in [0.1, 0.15) is 36.2 Å². The lowest BCUT2D eigenvalue weighted by molar-refractivity contribution is 0.0905. The predicted octanol–water partition coefficient (Wildman–Crippen LogP) is 2.58. The molecular weight excluding hydrogens is 240 g/mol. The minimum Gasteiger partial charge on any atom is -0.385 e. The number of hydrogen-bond acceptors (Lipinski definition) is 3. The molecule has 4 nitrogen and oxygen atoms in total. The van der Waals surface area contributed by atoms with E-state index in [4.69, 9.17) is 4.74 Å². The highest BCUT2D eigenvalue weighted by Gasteiger charge is 2.10. The maximum atomic E-state index is 12.0. The first-order valence-corrected chi connectivity index (χ1v) is 6.72. The van der Waals surface area contributed by atoms with Crippen molar-refractivity contribution in [3.63, 3.8) is 0 Å². The zero-order chi connectivity index (χ0) is 14.3. The van der Waals surface area contributed by atoms with Gasteiger partial charge in [-0.15, -0.1) is 0 Å². The molecule has 0 aliphatic rings. The average molecular weight is 264 g/mol. The third-order valence-electron chi connectivity index (χ3n) is 2.85. The molecule has 19 heavy (non-hydrogen) atoms. The molecular formula is C15H24N2O2. The van der Waals surface area contributed by atoms with Crippen LogP contribution in [-0.2, 0) is 4.74 Å². The summed E-state index contributed by atoms with van der Waals surface area (Å²) in [4.78, 5) is 12.0. The standard InChI is InChI=1S/C15H24N2O2/c1-5-8-16-14-7-6-13(9-11(14)2)15(18)17-12(3)10-19-4/h6-7,9,12,16H,5,8,10H2,1-4H3,(H,17,18). The number of nitrogens with one attached hydrogen (secondary N) is 2. The van der Waals surface area contributed by atoms with Gasteiger partial charge in [0.2, 0.25) is 0 Å². The van der Waals surface area contributed by atoms with Crippen molar-refractivity contribution in [2.45, 2.75) is 33.2 Å². The average Bonchev–Trinajstić information content (AvgIpc) is 2.37. The number of amides is 1. The summed E-state index contributed by atoms with van der Waals surface area (Å²) in [5.41, 5.74) is 2.85. The molecule has 2 N–H and O–H groups in total. The third-order valence-corrected chi connectivity index (χ3v) is 2.85. The fourth-order valence-corrected chi connectivity index (χ4v) is 1.86. The van der Waals surface area contributed by atoms with Crippen LogP contribution in [0.2, 0.25) is 0 Å². The Balaban J connectivity index is 2.68. The summed E-state index contributed by atoms with van der Waals surface area (Å²) in [6.07, 6.45) is 1.08. The lowest BCUT2D eigenvalue weighted by atomic mass is 10.1. The van der Waals surface area contributed by atoms with E-state index in [0.717, 1.165) is 24.2 Å². The summed E-state index contributed by atoms with van der Waals surface area (Å²) >= 11 is 0. The quantitative estimate of drug-likeness (QED) is 0.796. The molecule has 1 unspecified atom stereocenters. The molecule has 1 amide bonds. The highest BCUT2D eigenvalue weighted by atomic mass is 16.5. The van der Waals surface area contributed by atoms with Gasteiger partial charge in [-0.05, 0) is 44.0 Å². The molecule has 0 heterocycles. The van der Waals surface area contributed by atoms with Gasteiger partial charge in [-0.3, -0.25) is 4.79 Å². The molecule has 0 bridgehead atoms. The van der Waals surface area contributed by atoms with E-state index in [1.807, 2.05) is 32.0 Å². The highest BCUT2D eigenvalue weighted by molar-refractivity contribution is 5.95. The Morgan fingerprint density at radius 1 is 1.42 bits per heavy atom. The maximum Gasteiger partial charge on any atom is 0.251 e. The van der Waals surface area contributed by atoms with Crippen LogP contribution in [0.5, 0.6) is 0 Å². The highest BCUT2D eigenvalue weighted by Crippen LogP contribution is 2.16. The first-order valence-electron chi connectivity index (χ1n) is 6.72. The molecule has 1 atom stereocenters. The summed E-state index contributed by atoms with van der Waals surface area (Å²) in [5, 5.41) is 6.24. The SMILES string of the molecule is CCCNc1ccc(C(=O)NC(C)COC)cc1C. The Labute approximate surface area is 115 Å². The minimum absolute atomic E-state index is 0.00991. The Morgan fingerprint density at radius 3 is 2.74 bits per heavy atom. The fourth-order valence-electron chi connectivity index (χ4n) is 1.86. The molecule has 0 radical (unpaired) electrons. The van der Waals surface area contributed by atoms with Crippen molar-refractivity contribution in [2.24, 2.45) is 0 Å². The molecule has 0 saturated heterocycles. The number of anilines is 1. The Morgan fingerprint density at radius 2 is 2.16 bits per heavy atom. The lowest BCUT2D eigenvalue weighted by Gasteiger charge is -2.14.